The van der Waals surface area contributed by atoms with E-state index in [1.54, 1.807) is 12.1 Å². The van der Waals surface area contributed by atoms with Crippen molar-refractivity contribution in [1.82, 2.24) is 24.1 Å². The van der Waals surface area contributed by atoms with Crippen LogP contribution in [0.5, 0.6) is 0 Å². The summed E-state index contributed by atoms with van der Waals surface area (Å²) in [5, 5.41) is -1.04. The quantitative estimate of drug-likeness (QED) is 0.178. The highest BCUT2D eigenvalue weighted by Crippen LogP contribution is 2.63. The van der Waals surface area contributed by atoms with Gasteiger partial charge in [0.15, 0.2) is 5.82 Å². The minimum absolute atomic E-state index is 0.137. The third-order valence-corrected chi connectivity index (χ3v) is 12.6. The minimum Gasteiger partial charge on any atom is -0.278 e. The molecule has 0 saturated carbocycles. The first-order chi connectivity index (χ1) is 37.9. The summed E-state index contributed by atoms with van der Waals surface area (Å²) in [7, 11) is 0. The Labute approximate surface area is 385 Å². The fourth-order valence-corrected chi connectivity index (χ4v) is 10.1. The summed E-state index contributed by atoms with van der Waals surface area (Å²) in [4.78, 5) is 14.6. The largest absolute Gasteiger partial charge is 0.278 e. The Bertz CT molecular complexity index is 4440. The van der Waals surface area contributed by atoms with Crippen LogP contribution in [0.25, 0.3) is 100 Å². The van der Waals surface area contributed by atoms with Crippen molar-refractivity contribution in [2.75, 3.05) is 0 Å². The molecule has 0 unspecified atom stereocenters. The molecule has 0 atom stereocenters. The molecule has 292 valence electrons. The molecule has 2 aliphatic rings. The van der Waals surface area contributed by atoms with E-state index in [4.69, 9.17) is 31.4 Å². The molecule has 1 spiro atoms. The zero-order chi connectivity index (χ0) is 55.2. The molecule has 3 aromatic heterocycles. The fourth-order valence-electron chi connectivity index (χ4n) is 10.1. The van der Waals surface area contributed by atoms with Crippen molar-refractivity contribution in [1.29, 1.82) is 0 Å². The molecular weight excluding hydrogens is 767 g/mol. The number of fused-ring (bicyclic) bond motifs is 16. The van der Waals surface area contributed by atoms with Gasteiger partial charge in [0.05, 0.1) is 49.4 Å². The number of para-hydroxylation sites is 4. The summed E-state index contributed by atoms with van der Waals surface area (Å²) in [6, 6.07) is 28.6. The van der Waals surface area contributed by atoms with E-state index >= 15 is 0 Å². The van der Waals surface area contributed by atoms with Crippen LogP contribution in [0.3, 0.4) is 0 Å². The minimum atomic E-state index is -0.696. The van der Waals surface area contributed by atoms with E-state index in [0.29, 0.717) is 5.56 Å². The van der Waals surface area contributed by atoms with E-state index in [0.717, 1.165) is 53.6 Å². The molecular formula is C58H35N5. The predicted octanol–water partition coefficient (Wildman–Crippen LogP) is 13.7. The molecule has 3 heterocycles. The lowest BCUT2D eigenvalue weighted by Crippen LogP contribution is -2.25. The molecule has 0 N–H and O–H groups in total. The lowest BCUT2D eigenvalue weighted by molar-refractivity contribution is 0.794. The summed E-state index contributed by atoms with van der Waals surface area (Å²) in [6.07, 6.45) is 0. The van der Waals surface area contributed by atoms with Crippen molar-refractivity contribution in [2.45, 2.75) is 5.41 Å². The lowest BCUT2D eigenvalue weighted by Gasteiger charge is -2.30. The third kappa shape index (κ3) is 4.57. The highest BCUT2D eigenvalue weighted by atomic mass is 15.3. The normalized spacial score (nSPS) is 16.8. The fraction of sp³-hybridized carbons (Fsp3) is 0.0172. The molecule has 0 radical (unpaired) electrons. The zero-order valence-corrected chi connectivity index (χ0v) is 32.7. The van der Waals surface area contributed by atoms with Gasteiger partial charge in [0, 0.05) is 27.1 Å². The smallest absolute Gasteiger partial charge is 0.240 e. The van der Waals surface area contributed by atoms with E-state index < -0.39 is 114 Å². The number of hydrogen-bond donors (Lipinski definition) is 0. The Morgan fingerprint density at radius 1 is 0.349 bits per heavy atom. The predicted molar refractivity (Wildman–Crippen MR) is 256 cm³/mol. The van der Waals surface area contributed by atoms with Crippen LogP contribution in [0.1, 0.15) is 44.2 Å². The van der Waals surface area contributed by atoms with Crippen molar-refractivity contribution >= 4 is 43.6 Å². The summed E-state index contributed by atoms with van der Waals surface area (Å²) in [6.45, 7) is 0. The Kier molecular flexibility index (Phi) is 4.56. The second-order valence-electron chi connectivity index (χ2n) is 15.5. The van der Waals surface area contributed by atoms with Crippen LogP contribution in [0, 0.1) is 0 Å². The Morgan fingerprint density at radius 2 is 0.730 bits per heavy atom. The Balaban J connectivity index is 1.06. The maximum Gasteiger partial charge on any atom is 0.240 e. The van der Waals surface area contributed by atoms with Crippen LogP contribution in [0.4, 0.5) is 0 Å². The number of nitrogens with zero attached hydrogens (tertiary/aromatic N) is 5. The molecule has 0 bridgehead atoms. The second-order valence-corrected chi connectivity index (χ2v) is 15.5. The van der Waals surface area contributed by atoms with Crippen molar-refractivity contribution in [3.63, 3.8) is 0 Å². The second kappa shape index (κ2) is 12.8. The molecule has 5 heteroatoms. The summed E-state index contributed by atoms with van der Waals surface area (Å²) in [5.41, 5.74) is 9.24. The maximum atomic E-state index is 9.27. The molecule has 0 fully saturated rings. The maximum absolute atomic E-state index is 9.27. The average Bonchev–Trinajstić information content (AvgIpc) is 2.71. The van der Waals surface area contributed by atoms with Crippen LogP contribution < -0.4 is 0 Å². The van der Waals surface area contributed by atoms with E-state index in [1.807, 2.05) is 24.3 Å². The van der Waals surface area contributed by atoms with Crippen LogP contribution in [-0.4, -0.2) is 24.1 Å². The Hall–Kier alpha value is -8.41. The molecule has 0 aliphatic heterocycles. The van der Waals surface area contributed by atoms with Gasteiger partial charge in [-0.3, -0.25) is 9.13 Å². The van der Waals surface area contributed by atoms with Crippen LogP contribution in [0.15, 0.2) is 212 Å². The van der Waals surface area contributed by atoms with Crippen LogP contribution in [0.2, 0.25) is 0 Å². The van der Waals surface area contributed by atoms with Crippen molar-refractivity contribution in [3.8, 4) is 56.7 Å². The zero-order valence-electron chi connectivity index (χ0n) is 48.7. The van der Waals surface area contributed by atoms with E-state index in [9.17, 15) is 5.48 Å². The molecule has 5 nitrogen and oxygen atoms in total. The number of rotatable bonds is 4. The van der Waals surface area contributed by atoms with Crippen LogP contribution >= 0.6 is 0 Å². The van der Waals surface area contributed by atoms with Gasteiger partial charge in [-0.2, -0.15) is 15.0 Å². The van der Waals surface area contributed by atoms with Gasteiger partial charge >= 0.3 is 0 Å². The SMILES string of the molecule is [2H]c1c([2H])c([2H])c2c(c1[2H])c1c([2H])c([2H])c([2H])c([2H])c1n2-c1nc(-c2ccc(-c3cccc4c3-c3ccccc3C43c4ccccc4-c4ccccc43)cc2)nc(-n2c3c([2H])c([2H])c([2H])c([2H])c3c3c([2H])c([2H])c([2H])c([2H])c32)n1. The Morgan fingerprint density at radius 3 is 1.22 bits per heavy atom. The van der Waals surface area contributed by atoms with Gasteiger partial charge in [0.2, 0.25) is 11.9 Å². The van der Waals surface area contributed by atoms with E-state index in [-0.39, 0.29) is 49.4 Å². The molecule has 9 aromatic carbocycles. The molecule has 63 heavy (non-hydrogen) atoms. The first-order valence-electron chi connectivity index (χ1n) is 28.2. The molecule has 0 saturated heterocycles. The molecule has 14 rings (SSSR count). The highest BCUT2D eigenvalue weighted by Gasteiger charge is 2.51. The van der Waals surface area contributed by atoms with Gasteiger partial charge in [-0.05, 0) is 79.8 Å². The van der Waals surface area contributed by atoms with Crippen LogP contribution in [-0.2, 0) is 5.41 Å². The summed E-state index contributed by atoms with van der Waals surface area (Å²) in [5.74, 6) is -1.06. The van der Waals surface area contributed by atoms with E-state index in [2.05, 4.69) is 78.9 Å². The van der Waals surface area contributed by atoms with Gasteiger partial charge in [-0.25, -0.2) is 0 Å². The monoisotopic (exact) mass is 817 g/mol. The van der Waals surface area contributed by atoms with Crippen molar-refractivity contribution < 1.29 is 21.9 Å². The van der Waals surface area contributed by atoms with Gasteiger partial charge in [0.25, 0.3) is 0 Å². The summed E-state index contributed by atoms with van der Waals surface area (Å²) >= 11 is 0. The van der Waals surface area contributed by atoms with Gasteiger partial charge in [-0.1, -0.05) is 188 Å². The first kappa shape index (κ1) is 22.4. The summed E-state index contributed by atoms with van der Waals surface area (Å²) < 4.78 is 145. The molecule has 0 amide bonds. The number of aromatic nitrogens is 5. The van der Waals surface area contributed by atoms with Gasteiger partial charge in [-0.15, -0.1) is 0 Å². The van der Waals surface area contributed by atoms with Crippen molar-refractivity contribution in [2.24, 2.45) is 0 Å². The highest BCUT2D eigenvalue weighted by molar-refractivity contribution is 6.10. The van der Waals surface area contributed by atoms with Gasteiger partial charge in [0.1, 0.15) is 0 Å². The standard InChI is InChI=1S/C58H35N5/c1-8-24-46-39(16-1)40-17-2-9-25-47(40)58(46)48-26-10-3-22-45(48)54-38(23-15-27-49(54)58)36-32-34-37(35-33-36)55-59-56(62-50-28-11-4-18-41(50)42-19-5-12-29-51(42)62)61-57(60-55)63-52-30-13-6-20-43(52)44-21-7-14-31-53(44)63/h1-35H/i4D,5D,6D,7D,11D,12D,13D,14D,18D,19D,20D,21D,28D,29D,30D,31D. The molecule has 2 aliphatic carbocycles. The topological polar surface area (TPSA) is 48.5 Å². The van der Waals surface area contributed by atoms with E-state index in [1.165, 1.54) is 11.1 Å². The molecule has 12 aromatic rings. The average molecular weight is 818 g/mol. The van der Waals surface area contributed by atoms with Crippen molar-refractivity contribution in [3.05, 3.63) is 234 Å². The lowest BCUT2D eigenvalue weighted by atomic mass is 9.70. The third-order valence-electron chi connectivity index (χ3n) is 12.6. The number of benzene rings is 9. The first-order valence-corrected chi connectivity index (χ1v) is 20.2. The van der Waals surface area contributed by atoms with Gasteiger partial charge < -0.3 is 0 Å². The number of hydrogen-bond acceptors (Lipinski definition) is 3.